The van der Waals surface area contributed by atoms with Crippen LogP contribution in [0, 0.1) is 13.8 Å². The second kappa shape index (κ2) is 6.18. The lowest BCUT2D eigenvalue weighted by atomic mass is 9.97. The second-order valence-electron chi connectivity index (χ2n) is 5.22. The molecule has 0 fully saturated rings. The van der Waals surface area contributed by atoms with Gasteiger partial charge < -0.3 is 5.11 Å². The molecule has 0 saturated carbocycles. The number of aromatic nitrogens is 3. The van der Waals surface area contributed by atoms with Crippen LogP contribution in [0.5, 0.6) is 0 Å². The molecule has 0 aliphatic carbocycles. The van der Waals surface area contributed by atoms with E-state index in [1.807, 2.05) is 10.7 Å². The van der Waals surface area contributed by atoms with Gasteiger partial charge in [-0.3, -0.25) is 0 Å². The molecule has 0 aliphatic rings. The van der Waals surface area contributed by atoms with Gasteiger partial charge in [-0.25, -0.2) is 4.68 Å². The number of rotatable bonds is 5. The normalized spacial score (nSPS) is 11.3. The van der Waals surface area contributed by atoms with Crippen LogP contribution in [-0.4, -0.2) is 20.1 Å². The zero-order valence-corrected chi connectivity index (χ0v) is 12.7. The lowest BCUT2D eigenvalue weighted by Crippen LogP contribution is -2.10. The molecule has 4 nitrogen and oxygen atoms in total. The van der Waals surface area contributed by atoms with E-state index in [0.29, 0.717) is 11.6 Å². The Hall–Kier alpha value is -1.68. The van der Waals surface area contributed by atoms with Crippen LogP contribution in [0.15, 0.2) is 18.2 Å². The van der Waals surface area contributed by atoms with Gasteiger partial charge in [0.1, 0.15) is 5.69 Å². The molecule has 0 bridgehead atoms. The molecule has 0 spiro atoms. The quantitative estimate of drug-likeness (QED) is 0.909. The molecule has 1 aromatic carbocycles. The van der Waals surface area contributed by atoms with Crippen molar-refractivity contribution in [3.8, 4) is 5.69 Å². The molecule has 1 N–H and O–H groups in total. The van der Waals surface area contributed by atoms with Crippen molar-refractivity contribution < 1.29 is 5.11 Å². The number of hydrogen-bond donors (Lipinski definition) is 1. The Morgan fingerprint density at radius 3 is 2.50 bits per heavy atom. The molecule has 4 heteroatoms. The van der Waals surface area contributed by atoms with Crippen molar-refractivity contribution in [1.29, 1.82) is 0 Å². The Labute approximate surface area is 120 Å². The van der Waals surface area contributed by atoms with Crippen molar-refractivity contribution in [2.75, 3.05) is 0 Å². The van der Waals surface area contributed by atoms with Crippen molar-refractivity contribution >= 4 is 0 Å². The molecule has 2 rings (SSSR count). The molecule has 2 aromatic rings. The first-order valence-corrected chi connectivity index (χ1v) is 7.25. The van der Waals surface area contributed by atoms with Crippen LogP contribution in [0.1, 0.15) is 55.1 Å². The Morgan fingerprint density at radius 1 is 1.20 bits per heavy atom. The molecule has 0 atom stereocenters. The van der Waals surface area contributed by atoms with Crippen molar-refractivity contribution in [2.45, 2.75) is 53.1 Å². The van der Waals surface area contributed by atoms with E-state index in [1.165, 1.54) is 11.1 Å². The molecule has 0 saturated heterocycles. The highest BCUT2D eigenvalue weighted by molar-refractivity contribution is 5.45. The van der Waals surface area contributed by atoms with E-state index >= 15 is 0 Å². The third-order valence-electron chi connectivity index (χ3n) is 4.11. The molecule has 0 amide bonds. The van der Waals surface area contributed by atoms with Gasteiger partial charge in [0, 0.05) is 5.92 Å². The molecular formula is C16H23N3O. The second-order valence-corrected chi connectivity index (χ2v) is 5.22. The predicted molar refractivity (Wildman–Crippen MR) is 80.1 cm³/mol. The maximum atomic E-state index is 9.53. The molecule has 0 radical (unpaired) electrons. The Balaban J connectivity index is 2.62. The minimum absolute atomic E-state index is 0.0588. The van der Waals surface area contributed by atoms with Gasteiger partial charge in [0.2, 0.25) is 0 Å². The zero-order valence-electron chi connectivity index (χ0n) is 12.7. The third kappa shape index (κ3) is 2.48. The summed E-state index contributed by atoms with van der Waals surface area (Å²) in [5.74, 6) is 0.368. The van der Waals surface area contributed by atoms with Crippen molar-refractivity contribution in [2.24, 2.45) is 0 Å². The number of aryl methyl sites for hydroxylation is 1. The summed E-state index contributed by atoms with van der Waals surface area (Å²) in [5.41, 5.74) is 5.23. The molecule has 0 aliphatic heterocycles. The van der Waals surface area contributed by atoms with Gasteiger partial charge in [0.05, 0.1) is 18.0 Å². The number of nitrogens with zero attached hydrogens (tertiary/aromatic N) is 3. The standard InChI is InChI=1S/C16H23N3O/c1-5-13(6-2)16-14(10-20)17-18-19(16)15-9-7-8-11(3)12(15)4/h7-9,13,20H,5-6,10H2,1-4H3. The maximum absolute atomic E-state index is 9.53. The molecule has 1 aromatic heterocycles. The number of aliphatic hydroxyl groups excluding tert-OH is 1. The SMILES string of the molecule is CCC(CC)c1c(CO)nnn1-c1cccc(C)c1C. The third-order valence-corrected chi connectivity index (χ3v) is 4.11. The number of benzene rings is 1. The topological polar surface area (TPSA) is 50.9 Å². The Kier molecular flexibility index (Phi) is 4.55. The number of aliphatic hydroxyl groups is 1. The smallest absolute Gasteiger partial charge is 0.112 e. The highest BCUT2D eigenvalue weighted by Crippen LogP contribution is 2.29. The molecule has 1 heterocycles. The van der Waals surface area contributed by atoms with Gasteiger partial charge in [-0.15, -0.1) is 5.10 Å². The van der Waals surface area contributed by atoms with Crippen LogP contribution in [0.3, 0.4) is 0 Å². The van der Waals surface area contributed by atoms with Crippen molar-refractivity contribution in [1.82, 2.24) is 15.0 Å². The lowest BCUT2D eigenvalue weighted by molar-refractivity contribution is 0.274. The highest BCUT2D eigenvalue weighted by atomic mass is 16.3. The van der Waals surface area contributed by atoms with Crippen LogP contribution >= 0.6 is 0 Å². The summed E-state index contributed by atoms with van der Waals surface area (Å²) in [6, 6.07) is 6.19. The van der Waals surface area contributed by atoms with E-state index in [9.17, 15) is 5.11 Å². The van der Waals surface area contributed by atoms with Crippen LogP contribution in [0.25, 0.3) is 5.69 Å². The van der Waals surface area contributed by atoms with Crippen molar-refractivity contribution in [3.05, 3.63) is 40.7 Å². The molecule has 108 valence electrons. The summed E-state index contributed by atoms with van der Waals surface area (Å²) in [5, 5.41) is 18.0. The summed E-state index contributed by atoms with van der Waals surface area (Å²) in [7, 11) is 0. The van der Waals surface area contributed by atoms with Crippen LogP contribution in [0.2, 0.25) is 0 Å². The Morgan fingerprint density at radius 2 is 1.90 bits per heavy atom. The molecule has 0 unspecified atom stereocenters. The highest BCUT2D eigenvalue weighted by Gasteiger charge is 2.21. The summed E-state index contributed by atoms with van der Waals surface area (Å²) in [6.45, 7) is 8.46. The van der Waals surface area contributed by atoms with Gasteiger partial charge in [-0.1, -0.05) is 31.2 Å². The van der Waals surface area contributed by atoms with Gasteiger partial charge in [0.15, 0.2) is 0 Å². The van der Waals surface area contributed by atoms with E-state index in [4.69, 9.17) is 0 Å². The fourth-order valence-corrected chi connectivity index (χ4v) is 2.66. The lowest BCUT2D eigenvalue weighted by Gasteiger charge is -2.17. The molecule has 20 heavy (non-hydrogen) atoms. The largest absolute Gasteiger partial charge is 0.390 e. The zero-order chi connectivity index (χ0) is 14.7. The van der Waals surface area contributed by atoms with Gasteiger partial charge in [-0.05, 0) is 43.9 Å². The van der Waals surface area contributed by atoms with E-state index in [-0.39, 0.29) is 6.61 Å². The first-order valence-electron chi connectivity index (χ1n) is 7.25. The number of hydrogen-bond acceptors (Lipinski definition) is 3. The minimum atomic E-state index is -0.0588. The van der Waals surface area contributed by atoms with E-state index in [2.05, 4.69) is 50.1 Å². The first kappa shape index (κ1) is 14.7. The van der Waals surface area contributed by atoms with E-state index in [0.717, 1.165) is 24.2 Å². The maximum Gasteiger partial charge on any atom is 0.112 e. The average molecular weight is 273 g/mol. The first-order chi connectivity index (χ1) is 9.63. The van der Waals surface area contributed by atoms with E-state index < -0.39 is 0 Å². The van der Waals surface area contributed by atoms with Crippen LogP contribution in [-0.2, 0) is 6.61 Å². The molecular weight excluding hydrogens is 250 g/mol. The fourth-order valence-electron chi connectivity index (χ4n) is 2.66. The van der Waals surface area contributed by atoms with Crippen LogP contribution < -0.4 is 0 Å². The fraction of sp³-hybridized carbons (Fsp3) is 0.500. The van der Waals surface area contributed by atoms with E-state index in [1.54, 1.807) is 0 Å². The van der Waals surface area contributed by atoms with Crippen molar-refractivity contribution in [3.63, 3.8) is 0 Å². The summed E-state index contributed by atoms with van der Waals surface area (Å²) in [4.78, 5) is 0. The predicted octanol–water partition coefficient (Wildman–Crippen LogP) is 3.28. The monoisotopic (exact) mass is 273 g/mol. The summed E-state index contributed by atoms with van der Waals surface area (Å²) >= 11 is 0. The van der Waals surface area contributed by atoms with Gasteiger partial charge in [0.25, 0.3) is 0 Å². The average Bonchev–Trinajstić information content (AvgIpc) is 2.87. The summed E-state index contributed by atoms with van der Waals surface area (Å²) in [6.07, 6.45) is 2.03. The minimum Gasteiger partial charge on any atom is -0.390 e. The Bertz CT molecular complexity index is 585. The van der Waals surface area contributed by atoms with Gasteiger partial charge >= 0.3 is 0 Å². The van der Waals surface area contributed by atoms with Crippen LogP contribution in [0.4, 0.5) is 0 Å². The summed E-state index contributed by atoms with van der Waals surface area (Å²) < 4.78 is 1.91. The van der Waals surface area contributed by atoms with Gasteiger partial charge in [-0.2, -0.15) is 0 Å².